The van der Waals surface area contributed by atoms with Gasteiger partial charge in [-0.25, -0.2) is 19.9 Å². The molecule has 0 spiro atoms. The second-order valence-electron chi connectivity index (χ2n) is 4.99. The highest BCUT2D eigenvalue weighted by Gasteiger charge is 2.14. The van der Waals surface area contributed by atoms with Gasteiger partial charge in [-0.05, 0) is 38.6 Å². The van der Waals surface area contributed by atoms with Gasteiger partial charge in [0.1, 0.15) is 16.0 Å². The minimum absolute atomic E-state index is 0.229. The molecule has 0 fully saturated rings. The second-order valence-corrected chi connectivity index (χ2v) is 6.31. The van der Waals surface area contributed by atoms with Crippen LogP contribution in [0.2, 0.25) is 5.15 Å². The van der Waals surface area contributed by atoms with Gasteiger partial charge in [0.2, 0.25) is 0 Å². The summed E-state index contributed by atoms with van der Waals surface area (Å²) in [6.45, 7) is 9.92. The number of hydrogen-bond acceptors (Lipinski definition) is 5. The number of aromatic nitrogens is 4. The number of nitrogens with zero attached hydrogens (tertiary/aromatic N) is 4. The van der Waals surface area contributed by atoms with Crippen molar-refractivity contribution in [2.75, 3.05) is 0 Å². The van der Waals surface area contributed by atoms with Crippen LogP contribution in [-0.2, 0) is 0 Å². The monoisotopic (exact) mass is 308 g/mol. The van der Waals surface area contributed by atoms with Crippen LogP contribution in [0.25, 0.3) is 0 Å². The van der Waals surface area contributed by atoms with Crippen LogP contribution in [-0.4, -0.2) is 19.9 Å². The fraction of sp³-hybridized carbons (Fsp3) is 0.429. The molecule has 0 N–H and O–H groups in total. The molecule has 0 saturated carbocycles. The van der Waals surface area contributed by atoms with Crippen molar-refractivity contribution in [3.05, 3.63) is 34.0 Å². The molecule has 2 rings (SSSR count). The largest absolute Gasteiger partial charge is 0.228 e. The summed E-state index contributed by atoms with van der Waals surface area (Å²) in [5.41, 5.74) is 2.76. The number of halogens is 1. The van der Waals surface area contributed by atoms with E-state index in [-0.39, 0.29) is 5.92 Å². The fourth-order valence-corrected chi connectivity index (χ4v) is 2.84. The van der Waals surface area contributed by atoms with Crippen molar-refractivity contribution in [2.24, 2.45) is 0 Å². The third-order valence-corrected chi connectivity index (χ3v) is 4.05. The average Bonchev–Trinajstić information content (AvgIpc) is 2.33. The first kappa shape index (κ1) is 15.2. The lowest BCUT2D eigenvalue weighted by Crippen LogP contribution is -2.02. The number of rotatable bonds is 3. The van der Waals surface area contributed by atoms with Gasteiger partial charge in [0.05, 0.1) is 0 Å². The third-order valence-electron chi connectivity index (χ3n) is 2.73. The van der Waals surface area contributed by atoms with Crippen molar-refractivity contribution in [1.29, 1.82) is 0 Å². The van der Waals surface area contributed by atoms with Gasteiger partial charge >= 0.3 is 0 Å². The molecule has 6 heteroatoms. The Morgan fingerprint density at radius 2 is 1.60 bits per heavy atom. The van der Waals surface area contributed by atoms with Gasteiger partial charge in [0, 0.05) is 22.9 Å². The Balaban J connectivity index is 2.42. The molecular weight excluding hydrogens is 292 g/mol. The highest BCUT2D eigenvalue weighted by Crippen LogP contribution is 2.30. The molecule has 0 aliphatic heterocycles. The lowest BCUT2D eigenvalue weighted by molar-refractivity contribution is 0.746. The normalized spacial score (nSPS) is 11.2. The molecule has 0 radical (unpaired) electrons. The first-order chi connectivity index (χ1) is 9.36. The zero-order valence-corrected chi connectivity index (χ0v) is 13.8. The molecule has 0 unspecified atom stereocenters. The van der Waals surface area contributed by atoms with Crippen molar-refractivity contribution in [2.45, 2.75) is 50.7 Å². The summed E-state index contributed by atoms with van der Waals surface area (Å²) in [5, 5.41) is 2.00. The summed E-state index contributed by atoms with van der Waals surface area (Å²) in [6.07, 6.45) is 0. The summed E-state index contributed by atoms with van der Waals surface area (Å²) < 4.78 is 0. The van der Waals surface area contributed by atoms with E-state index in [1.165, 1.54) is 11.8 Å². The first-order valence-corrected chi connectivity index (χ1v) is 7.60. The van der Waals surface area contributed by atoms with Gasteiger partial charge in [-0.1, -0.05) is 25.4 Å². The molecule has 0 aromatic carbocycles. The Kier molecular flexibility index (Phi) is 4.60. The Labute approximate surface area is 128 Å². The lowest BCUT2D eigenvalue weighted by Gasteiger charge is -2.10. The van der Waals surface area contributed by atoms with E-state index in [0.717, 1.165) is 27.8 Å². The highest BCUT2D eigenvalue weighted by atomic mass is 35.5. The number of hydrogen-bond donors (Lipinski definition) is 0. The molecular formula is C14H17ClN4S. The van der Waals surface area contributed by atoms with Crippen LogP contribution in [0.15, 0.2) is 16.2 Å². The van der Waals surface area contributed by atoms with Crippen LogP contribution in [0.4, 0.5) is 0 Å². The zero-order valence-electron chi connectivity index (χ0n) is 12.2. The molecule has 2 aromatic rings. The average molecular weight is 309 g/mol. The summed E-state index contributed by atoms with van der Waals surface area (Å²) in [6, 6.07) is 1.95. The van der Waals surface area contributed by atoms with Crippen molar-refractivity contribution in [3.63, 3.8) is 0 Å². The molecule has 0 aliphatic rings. The molecule has 0 bridgehead atoms. The summed E-state index contributed by atoms with van der Waals surface area (Å²) in [7, 11) is 0. The maximum absolute atomic E-state index is 6.19. The van der Waals surface area contributed by atoms with Crippen LogP contribution in [0.5, 0.6) is 0 Å². The van der Waals surface area contributed by atoms with Gasteiger partial charge in [-0.3, -0.25) is 0 Å². The minimum Gasteiger partial charge on any atom is -0.228 e. The van der Waals surface area contributed by atoms with Crippen LogP contribution in [0.3, 0.4) is 0 Å². The maximum Gasteiger partial charge on any atom is 0.194 e. The molecule has 2 aromatic heterocycles. The van der Waals surface area contributed by atoms with Crippen LogP contribution < -0.4 is 0 Å². The van der Waals surface area contributed by atoms with E-state index in [0.29, 0.717) is 10.3 Å². The van der Waals surface area contributed by atoms with Gasteiger partial charge in [0.25, 0.3) is 0 Å². The fourth-order valence-electron chi connectivity index (χ4n) is 1.67. The predicted octanol–water partition coefficient (Wildman–Crippen LogP) is 4.12. The Hall–Kier alpha value is -1.20. The SMILES string of the molecule is Cc1cc(C)nc(Sc2nc(C(C)C)nc(Cl)c2C)n1. The van der Waals surface area contributed by atoms with Gasteiger partial charge < -0.3 is 0 Å². The van der Waals surface area contributed by atoms with Crippen LogP contribution in [0.1, 0.15) is 42.5 Å². The summed E-state index contributed by atoms with van der Waals surface area (Å²) >= 11 is 7.62. The van der Waals surface area contributed by atoms with Crippen molar-refractivity contribution < 1.29 is 0 Å². The topological polar surface area (TPSA) is 51.6 Å². The van der Waals surface area contributed by atoms with Gasteiger partial charge in [-0.15, -0.1) is 0 Å². The molecule has 0 aliphatic carbocycles. The van der Waals surface area contributed by atoms with Crippen molar-refractivity contribution in [1.82, 2.24) is 19.9 Å². The van der Waals surface area contributed by atoms with Gasteiger partial charge in [0.15, 0.2) is 5.16 Å². The molecule has 0 atom stereocenters. The third kappa shape index (κ3) is 3.46. The smallest absolute Gasteiger partial charge is 0.194 e. The molecule has 0 amide bonds. The molecule has 0 saturated heterocycles. The Bertz CT molecular complexity index is 623. The maximum atomic E-state index is 6.19. The molecule has 4 nitrogen and oxygen atoms in total. The number of aryl methyl sites for hydroxylation is 2. The zero-order chi connectivity index (χ0) is 14.9. The molecule has 20 heavy (non-hydrogen) atoms. The predicted molar refractivity (Wildman–Crippen MR) is 81.5 cm³/mol. The molecule has 2 heterocycles. The Morgan fingerprint density at radius 3 is 2.15 bits per heavy atom. The summed E-state index contributed by atoms with van der Waals surface area (Å²) in [5.74, 6) is 0.972. The lowest BCUT2D eigenvalue weighted by atomic mass is 10.2. The Morgan fingerprint density at radius 1 is 1.00 bits per heavy atom. The van der Waals surface area contributed by atoms with Crippen LogP contribution >= 0.6 is 23.4 Å². The standard InChI is InChI=1S/C14H17ClN4S/c1-7(2)12-18-11(15)10(5)13(19-12)20-14-16-8(3)6-9(4)17-14/h6-7H,1-5H3. The van der Waals surface area contributed by atoms with E-state index < -0.39 is 0 Å². The van der Waals surface area contributed by atoms with E-state index in [1.807, 2.05) is 40.7 Å². The first-order valence-electron chi connectivity index (χ1n) is 6.41. The highest BCUT2D eigenvalue weighted by molar-refractivity contribution is 7.99. The second kappa shape index (κ2) is 6.06. The summed E-state index contributed by atoms with van der Waals surface area (Å²) in [4.78, 5) is 17.7. The van der Waals surface area contributed by atoms with E-state index in [1.54, 1.807) is 0 Å². The van der Waals surface area contributed by atoms with Crippen molar-refractivity contribution in [3.8, 4) is 0 Å². The van der Waals surface area contributed by atoms with E-state index in [4.69, 9.17) is 11.6 Å². The van der Waals surface area contributed by atoms with E-state index >= 15 is 0 Å². The van der Waals surface area contributed by atoms with Crippen LogP contribution in [0, 0.1) is 20.8 Å². The quantitative estimate of drug-likeness (QED) is 0.630. The molecule has 106 valence electrons. The van der Waals surface area contributed by atoms with E-state index in [2.05, 4.69) is 19.9 Å². The van der Waals surface area contributed by atoms with Gasteiger partial charge in [-0.2, -0.15) is 0 Å². The van der Waals surface area contributed by atoms with E-state index in [9.17, 15) is 0 Å². The van der Waals surface area contributed by atoms with Crippen molar-refractivity contribution >= 4 is 23.4 Å². The minimum atomic E-state index is 0.229.